The van der Waals surface area contributed by atoms with Crippen LogP contribution in [0.1, 0.15) is 24.5 Å². The van der Waals surface area contributed by atoms with Crippen LogP contribution in [0.25, 0.3) is 0 Å². The maximum atomic E-state index is 14.4. The molecule has 0 saturated carbocycles. The number of benzene rings is 4. The van der Waals surface area contributed by atoms with Crippen molar-refractivity contribution in [3.63, 3.8) is 0 Å². The molecule has 4 aromatic carbocycles. The van der Waals surface area contributed by atoms with Crippen molar-refractivity contribution in [1.82, 2.24) is 10.2 Å². The lowest BCUT2D eigenvalue weighted by molar-refractivity contribution is -0.140. The fourth-order valence-electron chi connectivity index (χ4n) is 4.60. The van der Waals surface area contributed by atoms with Gasteiger partial charge in [-0.1, -0.05) is 94.6 Å². The number of nitrogens with zero attached hydrogens (tertiary/aromatic N) is 2. The second-order valence-electron chi connectivity index (χ2n) is 10.1. The molecule has 0 spiro atoms. The lowest BCUT2D eigenvalue weighted by atomic mass is 10.0. The van der Waals surface area contributed by atoms with Gasteiger partial charge in [-0.25, -0.2) is 8.42 Å². The van der Waals surface area contributed by atoms with Crippen LogP contribution in [0.2, 0.25) is 10.0 Å². The van der Waals surface area contributed by atoms with E-state index in [1.54, 1.807) is 18.2 Å². The van der Waals surface area contributed by atoms with Gasteiger partial charge in [-0.05, 0) is 72.1 Å². The molecule has 230 valence electrons. The summed E-state index contributed by atoms with van der Waals surface area (Å²) in [4.78, 5) is 29.5. The molecule has 0 aliphatic heterocycles. The van der Waals surface area contributed by atoms with E-state index in [0.29, 0.717) is 23.0 Å². The summed E-state index contributed by atoms with van der Waals surface area (Å²) in [6.45, 7) is 1.88. The van der Waals surface area contributed by atoms with Gasteiger partial charge in [-0.15, -0.1) is 0 Å². The molecule has 0 heterocycles. The summed E-state index contributed by atoms with van der Waals surface area (Å²) in [6, 6.07) is 27.9. The van der Waals surface area contributed by atoms with Crippen LogP contribution < -0.4 is 9.62 Å². The van der Waals surface area contributed by atoms with Crippen molar-refractivity contribution in [3.8, 4) is 0 Å². The summed E-state index contributed by atoms with van der Waals surface area (Å²) in [7, 11) is -4.25. The highest BCUT2D eigenvalue weighted by Crippen LogP contribution is 2.28. The number of amides is 2. The molecule has 0 saturated heterocycles. The van der Waals surface area contributed by atoms with Crippen molar-refractivity contribution in [1.29, 1.82) is 0 Å². The fraction of sp³-hybridized carbons (Fsp3) is 0.212. The number of rotatable bonds is 13. The molecule has 11 heteroatoms. The molecule has 0 bridgehead atoms. The fourth-order valence-corrected chi connectivity index (χ4v) is 6.58. The van der Waals surface area contributed by atoms with E-state index in [-0.39, 0.29) is 29.5 Å². The van der Waals surface area contributed by atoms with Gasteiger partial charge in [0, 0.05) is 34.0 Å². The Morgan fingerprint density at radius 2 is 1.52 bits per heavy atom. The SMILES string of the molecule is CCCNC(=O)C(Cc1ccccc1)N(Cc1ccc(Br)cc1)C(=O)CN(c1cccc(Cl)c1)S(=O)(=O)c1ccc(Cl)cc1. The van der Waals surface area contributed by atoms with Gasteiger partial charge in [-0.3, -0.25) is 13.9 Å². The monoisotopic (exact) mass is 715 g/mol. The average Bonchev–Trinajstić information content (AvgIpc) is 3.01. The van der Waals surface area contributed by atoms with E-state index in [1.807, 2.05) is 61.5 Å². The first-order valence-corrected chi connectivity index (χ1v) is 17.0. The van der Waals surface area contributed by atoms with Gasteiger partial charge in [-0.2, -0.15) is 0 Å². The summed E-state index contributed by atoms with van der Waals surface area (Å²) < 4.78 is 29.9. The summed E-state index contributed by atoms with van der Waals surface area (Å²) in [5.74, 6) is -0.881. The Hall–Kier alpha value is -3.37. The Morgan fingerprint density at radius 1 is 0.841 bits per heavy atom. The van der Waals surface area contributed by atoms with E-state index in [0.717, 1.165) is 19.9 Å². The van der Waals surface area contributed by atoms with Crippen molar-refractivity contribution in [3.05, 3.63) is 129 Å². The first kappa shape index (κ1) is 33.5. The van der Waals surface area contributed by atoms with E-state index in [4.69, 9.17) is 23.2 Å². The van der Waals surface area contributed by atoms with Crippen molar-refractivity contribution >= 4 is 66.7 Å². The zero-order chi connectivity index (χ0) is 31.7. The van der Waals surface area contributed by atoms with E-state index in [9.17, 15) is 18.0 Å². The number of halogens is 3. The zero-order valence-electron chi connectivity index (χ0n) is 24.0. The standard InChI is InChI=1S/C33H32BrCl2N3O4S/c1-2-19-37-33(41)31(20-24-7-4-3-5-8-24)38(22-25-11-13-26(34)14-12-25)32(40)23-39(29-10-6-9-28(36)21-29)44(42,43)30-17-15-27(35)16-18-30/h3-18,21,31H,2,19-20,22-23H2,1H3,(H,37,41). The third kappa shape index (κ3) is 8.85. The first-order chi connectivity index (χ1) is 21.1. The van der Waals surface area contributed by atoms with Crippen LogP contribution in [-0.2, 0) is 32.6 Å². The second-order valence-corrected chi connectivity index (χ2v) is 13.7. The van der Waals surface area contributed by atoms with Crippen LogP contribution in [0.3, 0.4) is 0 Å². The van der Waals surface area contributed by atoms with E-state index in [1.165, 1.54) is 35.2 Å². The second kappa shape index (κ2) is 15.6. The predicted molar refractivity (Wildman–Crippen MR) is 179 cm³/mol. The Kier molecular flexibility index (Phi) is 11.9. The van der Waals surface area contributed by atoms with Crippen molar-refractivity contribution < 1.29 is 18.0 Å². The van der Waals surface area contributed by atoms with Crippen molar-refractivity contribution in [2.45, 2.75) is 37.2 Å². The number of carbonyl (C=O) groups excluding carboxylic acids is 2. The smallest absolute Gasteiger partial charge is 0.264 e. The van der Waals surface area contributed by atoms with Gasteiger partial charge in [0.2, 0.25) is 11.8 Å². The highest BCUT2D eigenvalue weighted by atomic mass is 79.9. The van der Waals surface area contributed by atoms with E-state index in [2.05, 4.69) is 21.2 Å². The molecule has 44 heavy (non-hydrogen) atoms. The Balaban J connectivity index is 1.79. The summed E-state index contributed by atoms with van der Waals surface area (Å²) in [5, 5.41) is 3.61. The Labute approximate surface area is 277 Å². The van der Waals surface area contributed by atoms with Gasteiger partial charge in [0.1, 0.15) is 12.6 Å². The van der Waals surface area contributed by atoms with Gasteiger partial charge >= 0.3 is 0 Å². The third-order valence-electron chi connectivity index (χ3n) is 6.86. The van der Waals surface area contributed by atoms with Crippen LogP contribution in [0.5, 0.6) is 0 Å². The molecular weight excluding hydrogens is 685 g/mol. The largest absolute Gasteiger partial charge is 0.354 e. The van der Waals surface area contributed by atoms with E-state index >= 15 is 0 Å². The zero-order valence-corrected chi connectivity index (χ0v) is 27.9. The summed E-state index contributed by atoms with van der Waals surface area (Å²) in [5.41, 5.74) is 1.84. The molecule has 4 rings (SSSR count). The third-order valence-corrected chi connectivity index (χ3v) is 9.67. The first-order valence-electron chi connectivity index (χ1n) is 14.0. The van der Waals surface area contributed by atoms with Crippen LogP contribution >= 0.6 is 39.1 Å². The van der Waals surface area contributed by atoms with Gasteiger partial charge in [0.05, 0.1) is 10.6 Å². The molecule has 4 aromatic rings. The Bertz CT molecular complexity index is 1670. The molecule has 2 amide bonds. The van der Waals surface area contributed by atoms with Gasteiger partial charge in [0.15, 0.2) is 0 Å². The molecule has 0 fully saturated rings. The van der Waals surface area contributed by atoms with Crippen LogP contribution in [0, 0.1) is 0 Å². The summed E-state index contributed by atoms with van der Waals surface area (Å²) >= 11 is 15.7. The molecule has 1 N–H and O–H groups in total. The summed E-state index contributed by atoms with van der Waals surface area (Å²) in [6.07, 6.45) is 0.950. The number of nitrogens with one attached hydrogen (secondary N) is 1. The quantitative estimate of drug-likeness (QED) is 0.160. The van der Waals surface area contributed by atoms with Crippen LogP contribution in [0.4, 0.5) is 5.69 Å². The molecule has 0 aromatic heterocycles. The van der Waals surface area contributed by atoms with Crippen LogP contribution in [0.15, 0.2) is 112 Å². The highest BCUT2D eigenvalue weighted by Gasteiger charge is 2.34. The lowest BCUT2D eigenvalue weighted by Gasteiger charge is -2.34. The highest BCUT2D eigenvalue weighted by molar-refractivity contribution is 9.10. The number of hydrogen-bond acceptors (Lipinski definition) is 4. The normalized spacial score (nSPS) is 11.9. The molecular formula is C33H32BrCl2N3O4S. The van der Waals surface area contributed by atoms with Gasteiger partial charge in [0.25, 0.3) is 10.0 Å². The van der Waals surface area contributed by atoms with E-state index < -0.39 is 28.5 Å². The molecule has 0 aliphatic rings. The predicted octanol–water partition coefficient (Wildman–Crippen LogP) is 7.12. The number of hydrogen-bond donors (Lipinski definition) is 1. The van der Waals surface area contributed by atoms with Crippen molar-refractivity contribution in [2.75, 3.05) is 17.4 Å². The lowest BCUT2D eigenvalue weighted by Crippen LogP contribution is -2.53. The molecule has 1 unspecified atom stereocenters. The number of carbonyl (C=O) groups is 2. The minimum atomic E-state index is -4.25. The molecule has 0 aliphatic carbocycles. The maximum absolute atomic E-state index is 14.4. The molecule has 7 nitrogen and oxygen atoms in total. The minimum Gasteiger partial charge on any atom is -0.354 e. The van der Waals surface area contributed by atoms with Gasteiger partial charge < -0.3 is 10.2 Å². The van der Waals surface area contributed by atoms with Crippen molar-refractivity contribution in [2.24, 2.45) is 0 Å². The Morgan fingerprint density at radius 3 is 2.16 bits per heavy atom. The van der Waals surface area contributed by atoms with Crippen LogP contribution in [-0.4, -0.2) is 44.3 Å². The number of anilines is 1. The minimum absolute atomic E-state index is 0.0457. The maximum Gasteiger partial charge on any atom is 0.264 e. The molecule has 1 atom stereocenters. The molecule has 0 radical (unpaired) electrons. The number of sulfonamides is 1. The topological polar surface area (TPSA) is 86.8 Å². The average molecular weight is 718 g/mol.